The fourth-order valence-corrected chi connectivity index (χ4v) is 21.6. The molecular weight excluding hydrogens is 1770 g/mol. The fraction of sp³-hybridized carbons (Fsp3) is 0.381. The zero-order valence-corrected chi connectivity index (χ0v) is 80.9. The van der Waals surface area contributed by atoms with Crippen molar-refractivity contribution in [1.29, 1.82) is 0 Å². The highest BCUT2D eigenvalue weighted by Crippen LogP contribution is 2.56. The maximum absolute atomic E-state index is 12.8. The number of benzene rings is 9. The maximum atomic E-state index is 12.8. The molecule has 2 bridgehead atoms. The number of para-hydroxylation sites is 3. The van der Waals surface area contributed by atoms with Crippen molar-refractivity contribution in [3.05, 3.63) is 298 Å². The van der Waals surface area contributed by atoms with Crippen molar-refractivity contribution in [2.45, 2.75) is 168 Å². The van der Waals surface area contributed by atoms with Crippen molar-refractivity contribution >= 4 is 69.5 Å². The van der Waals surface area contributed by atoms with E-state index in [0.717, 1.165) is 98.7 Å². The summed E-state index contributed by atoms with van der Waals surface area (Å²) < 4.78 is 54.2. The molecule has 2 saturated heterocycles. The molecule has 10 unspecified atom stereocenters. The van der Waals surface area contributed by atoms with Crippen molar-refractivity contribution in [2.75, 3.05) is 71.7 Å². The quantitative estimate of drug-likeness (QED) is 0.0122. The Kier molecular flexibility index (Phi) is 35.4. The molecule has 5 heterocycles. The standard InChI is InChI=1S/C20H23NO6.C19H16O4.C19H28.C16H19NO2.C15H16O2.C13H11NO4.C11H13NO2S/c1-23-16-4-3-13(9-17(16)24-2)20(21-5-7-25-8-6-21)14-10-18-19(11-15(14)22)27-12-26-18;1-2-14(20)23-13-5-3-4-10(9-13)17-18(21)15-11-6-7-12(8-11)16(15)19(17)22;1-13-9-17(10-14(2)15(13)3)11-16-7-8-18-5-4-6-19(18)12-16;18-15-9-8-12(14-7-4-10-17-16(14)15)11-19-13-5-2-1-3-6-13;1-12-7-9-14(10-8-12)17-11-13-5-3-4-6-15(13)16-2;1-2-18-13(17)9-5-3-4-6-10(9)14-11(15)7-8-12(14)16;1-7(13)9-6-15-11(12-9)8-4-2-3-5-10(8)14/h3-4,9-11,20,22H,5-8,12H2,1-2H3;2-7,9,11-12,15-17H,1,8H2;9-10,16,18-19H,4-8,11-12H2,1-3H3;4,7-10,13,18H,1-3,5-6,11H2;3-10H,11H2,1-2H3;3-8H,2H2,1H3;2-5,9,11-12,14H,6H2,1H3. The molecule has 24 nitrogen and oxygen atoms in total. The number of imide groups is 1. The van der Waals surface area contributed by atoms with Gasteiger partial charge >= 0.3 is 11.9 Å². The zero-order chi connectivity index (χ0) is 97.5. The Hall–Kier alpha value is -12.9. The van der Waals surface area contributed by atoms with Gasteiger partial charge < -0.3 is 62.7 Å². The summed E-state index contributed by atoms with van der Waals surface area (Å²) in [5, 5.41) is 34.4. The second kappa shape index (κ2) is 48.4. The minimum Gasteiger partial charge on any atom is -0.508 e. The van der Waals surface area contributed by atoms with Gasteiger partial charge in [-0.05, 0) is 234 Å². The Morgan fingerprint density at radius 3 is 1.99 bits per heavy atom. The highest BCUT2D eigenvalue weighted by atomic mass is 32.2. The lowest BCUT2D eigenvalue weighted by Crippen LogP contribution is -2.39. The monoisotopic (exact) mass is 1890 g/mol. The fourth-order valence-electron chi connectivity index (χ4n) is 20.2. The topological polar surface area (TPSA) is 304 Å². The first-order chi connectivity index (χ1) is 66.9. The van der Waals surface area contributed by atoms with Crippen LogP contribution >= 0.6 is 11.8 Å². The second-order valence-corrected chi connectivity index (χ2v) is 37.5. The summed E-state index contributed by atoms with van der Waals surface area (Å²) >= 11 is 1.65. The van der Waals surface area contributed by atoms with E-state index in [9.17, 15) is 48.9 Å². The van der Waals surface area contributed by atoms with Crippen LogP contribution in [0.2, 0.25) is 0 Å². The van der Waals surface area contributed by atoms with Crippen LogP contribution < -0.4 is 43.4 Å². The van der Waals surface area contributed by atoms with E-state index in [0.29, 0.717) is 72.4 Å². The third kappa shape index (κ3) is 25.2. The van der Waals surface area contributed by atoms with Crippen LogP contribution in [0.5, 0.6) is 57.5 Å². The van der Waals surface area contributed by atoms with Crippen LogP contribution in [0.4, 0.5) is 5.69 Å². The first-order valence-corrected chi connectivity index (χ1v) is 48.9. The minimum atomic E-state index is -0.724. The highest BCUT2D eigenvalue weighted by Gasteiger charge is 2.60. The summed E-state index contributed by atoms with van der Waals surface area (Å²) in [6, 6.07) is 57.6. The number of nitrogens with one attached hydrogen (secondary N) is 1. The van der Waals surface area contributed by atoms with Crippen LogP contribution in [0.3, 0.4) is 0 Å². The van der Waals surface area contributed by atoms with Gasteiger partial charge in [0.25, 0.3) is 11.8 Å². The summed E-state index contributed by atoms with van der Waals surface area (Å²) in [6.45, 7) is 19.8. The van der Waals surface area contributed by atoms with Crippen LogP contribution in [0.1, 0.15) is 180 Å². The van der Waals surface area contributed by atoms with Gasteiger partial charge in [-0.1, -0.05) is 166 Å². The normalized spacial score (nSPS) is 21.4. The Morgan fingerprint density at radius 2 is 1.30 bits per heavy atom. The number of ketones is 3. The summed E-state index contributed by atoms with van der Waals surface area (Å²) in [4.78, 5) is 90.5. The first-order valence-electron chi connectivity index (χ1n) is 47.8. The lowest BCUT2D eigenvalue weighted by Gasteiger charge is -2.35. The average molecular weight is 1890 g/mol. The molecule has 10 atom stereocenters. The number of rotatable bonds is 22. The highest BCUT2D eigenvalue weighted by molar-refractivity contribution is 7.99. The van der Waals surface area contributed by atoms with Gasteiger partial charge in [0.2, 0.25) is 6.79 Å². The van der Waals surface area contributed by atoms with Gasteiger partial charge in [-0.25, -0.2) is 14.5 Å². The van der Waals surface area contributed by atoms with Gasteiger partial charge in [0.05, 0.1) is 82.6 Å². The van der Waals surface area contributed by atoms with E-state index in [1.165, 1.54) is 124 Å². The van der Waals surface area contributed by atoms with Crippen molar-refractivity contribution in [3.63, 3.8) is 0 Å². The van der Waals surface area contributed by atoms with Crippen LogP contribution in [0.15, 0.2) is 231 Å². The molecule has 25 heteroatoms. The summed E-state index contributed by atoms with van der Waals surface area (Å²) in [5.74, 6) is 6.69. The number of thioether (sulfide) groups is 1. The number of fused-ring (bicyclic) bond motifs is 8. The molecule has 4 N–H and O–H groups in total. The maximum Gasteiger partial charge on any atom is 0.340 e. The van der Waals surface area contributed by atoms with Crippen molar-refractivity contribution in [2.24, 2.45) is 41.4 Å². The number of amides is 2. The van der Waals surface area contributed by atoms with E-state index < -0.39 is 29.7 Å². The molecule has 20 rings (SSSR count). The summed E-state index contributed by atoms with van der Waals surface area (Å²) in [7, 11) is 4.90. The Morgan fingerprint density at radius 1 is 0.623 bits per heavy atom. The predicted molar refractivity (Wildman–Crippen MR) is 532 cm³/mol. The Labute approximate surface area is 812 Å². The lowest BCUT2D eigenvalue weighted by atomic mass is 9.74. The van der Waals surface area contributed by atoms with Crippen LogP contribution in [0, 0.1) is 69.1 Å². The number of methoxy groups -OCH3 is 3. The number of aromatic nitrogens is 1. The van der Waals surface area contributed by atoms with E-state index >= 15 is 0 Å². The summed E-state index contributed by atoms with van der Waals surface area (Å²) in [5.41, 5.74) is 13.7. The number of Topliss-reactive ketones (excluding diaryl/α,β-unsaturated/α-hetero) is 3. The van der Waals surface area contributed by atoms with Gasteiger partial charge in [-0.3, -0.25) is 39.2 Å². The largest absolute Gasteiger partial charge is 0.508 e. The van der Waals surface area contributed by atoms with Gasteiger partial charge in [0, 0.05) is 83.2 Å². The number of phenolic OH excluding ortho intramolecular Hbond substituents is 3. The number of hydrogen-bond donors (Lipinski definition) is 4. The molecule has 9 aromatic carbocycles. The third-order valence-electron chi connectivity index (χ3n) is 27.5. The van der Waals surface area contributed by atoms with Gasteiger partial charge in [0.15, 0.2) is 34.6 Å². The number of allylic oxidation sites excluding steroid dienone is 2. The number of phenols is 3. The number of esters is 2. The molecule has 5 saturated carbocycles. The van der Waals surface area contributed by atoms with Crippen LogP contribution in [0.25, 0.3) is 10.9 Å². The second-order valence-electron chi connectivity index (χ2n) is 36.4. The van der Waals surface area contributed by atoms with Gasteiger partial charge in [-0.15, -0.1) is 11.8 Å². The molecule has 10 aromatic rings. The smallest absolute Gasteiger partial charge is 0.340 e. The van der Waals surface area contributed by atoms with E-state index in [1.807, 2.05) is 103 Å². The molecular formula is C113H126N4O20S. The number of nitrogens with zero attached hydrogens (tertiary/aromatic N) is 3. The zero-order valence-electron chi connectivity index (χ0n) is 80.1. The Balaban J connectivity index is 0.000000130. The first kappa shape index (κ1) is 101. The van der Waals surface area contributed by atoms with E-state index in [1.54, 1.807) is 119 Å². The minimum absolute atomic E-state index is 0.0176. The number of aryl methyl sites for hydroxylation is 3. The van der Waals surface area contributed by atoms with E-state index in [4.69, 9.17) is 47.4 Å². The van der Waals surface area contributed by atoms with E-state index in [-0.39, 0.29) is 100 Å². The molecule has 1 aromatic heterocycles. The lowest BCUT2D eigenvalue weighted by molar-refractivity contribution is -0.129. The predicted octanol–water partition coefficient (Wildman–Crippen LogP) is 20.7. The molecule has 0 spiro atoms. The van der Waals surface area contributed by atoms with Crippen LogP contribution in [-0.2, 0) is 62.6 Å². The molecule has 724 valence electrons. The molecule has 0 radical (unpaired) electrons. The van der Waals surface area contributed by atoms with Gasteiger partial charge in [0.1, 0.15) is 58.3 Å². The average Bonchev–Trinajstić information content (AvgIpc) is 1.56. The number of ether oxygens (including phenoxy) is 10. The van der Waals surface area contributed by atoms with Crippen LogP contribution in [-0.4, -0.2) is 145 Å². The van der Waals surface area contributed by atoms with Crippen molar-refractivity contribution in [1.82, 2.24) is 15.2 Å². The molecule has 6 aliphatic carbocycles. The SMILES string of the molecule is C=CC(=O)Oc1cccc(C2C(=O)C3C4C=CC(C4)C3C2=O)c1.CC(=O)C1CSC(c2ccccc2O)N1.CCOC(=O)c1ccccc1N1C(=O)C=CC1=O.COc1ccc(C(c2cc3c(cc2O)OCO3)N2CCOCC2)cc1OC.COc1ccccc1COc1ccc(C)cc1.Cc1cc(CC2CCC3CCCC3C2)cc(C)c1C.Oc1ccc(COC2CCCCC2)c2cccnc12. The number of pyridine rings is 1. The third-order valence-corrected chi connectivity index (χ3v) is 28.8. The van der Waals surface area contributed by atoms with Crippen molar-refractivity contribution in [3.8, 4) is 57.5 Å². The Bertz CT molecular complexity index is 5950. The number of hydrogen-bond acceptors (Lipinski definition) is 24. The number of carbonyl (C=O) groups is 7. The summed E-state index contributed by atoms with van der Waals surface area (Å²) in [6.07, 6.45) is 27.2. The number of morpholine rings is 1. The van der Waals surface area contributed by atoms with Crippen molar-refractivity contribution < 1.29 is 96.2 Å². The molecule has 2 amide bonds. The number of carbonyl (C=O) groups excluding carboxylic acids is 7. The molecule has 10 aliphatic rings. The van der Waals surface area contributed by atoms with E-state index in [2.05, 4.69) is 73.8 Å². The molecule has 7 fully saturated rings. The number of aromatic hydroxyl groups is 3. The number of anilines is 1. The van der Waals surface area contributed by atoms with Gasteiger partial charge in [-0.2, -0.15) is 0 Å². The molecule has 4 aliphatic heterocycles. The molecule has 138 heavy (non-hydrogen) atoms.